The van der Waals surface area contributed by atoms with Crippen molar-refractivity contribution >= 4 is 11.7 Å². The van der Waals surface area contributed by atoms with Crippen molar-refractivity contribution in [1.82, 2.24) is 5.32 Å². The van der Waals surface area contributed by atoms with Crippen LogP contribution in [0.2, 0.25) is 0 Å². The van der Waals surface area contributed by atoms with Gasteiger partial charge >= 0.3 is 18.4 Å². The van der Waals surface area contributed by atoms with Crippen molar-refractivity contribution in [3.8, 4) is 0 Å². The van der Waals surface area contributed by atoms with Crippen molar-refractivity contribution in [3.05, 3.63) is 29.3 Å². The first-order chi connectivity index (χ1) is 9.09. The van der Waals surface area contributed by atoms with E-state index in [9.17, 15) is 31.1 Å². The van der Waals surface area contributed by atoms with Gasteiger partial charge in [-0.15, -0.1) is 0 Å². The number of carbonyl (C=O) groups excluding carboxylic acids is 1. The van der Waals surface area contributed by atoms with E-state index in [1.165, 1.54) is 0 Å². The number of benzene rings is 1. The highest BCUT2D eigenvalue weighted by Gasteiger charge is 2.38. The molecule has 1 N–H and O–H groups in total. The smallest absolute Gasteiger partial charge is 0.336 e. The van der Waals surface area contributed by atoms with Crippen LogP contribution < -0.4 is 10.2 Å². The first-order valence-electron chi connectivity index (χ1n) is 5.44. The van der Waals surface area contributed by atoms with Crippen LogP contribution in [0.1, 0.15) is 11.1 Å². The maximum Gasteiger partial charge on any atom is 0.416 e. The van der Waals surface area contributed by atoms with Gasteiger partial charge in [0.25, 0.3) is 0 Å². The molecule has 3 nitrogen and oxygen atoms in total. The molecule has 0 saturated carbocycles. The summed E-state index contributed by atoms with van der Waals surface area (Å²) in [5.74, 6) is 0. The molecule has 2 amide bonds. The SMILES string of the molecule is O=C1NCCN1c1cc(C(F)(F)F)cc(C(F)(F)F)c1. The van der Waals surface area contributed by atoms with Crippen molar-refractivity contribution in [1.29, 1.82) is 0 Å². The van der Waals surface area contributed by atoms with Crippen LogP contribution in [-0.2, 0) is 12.4 Å². The lowest BCUT2D eigenvalue weighted by Crippen LogP contribution is -2.28. The van der Waals surface area contributed by atoms with Crippen LogP contribution in [-0.4, -0.2) is 19.1 Å². The molecule has 0 atom stereocenters. The fourth-order valence-electron chi connectivity index (χ4n) is 1.81. The summed E-state index contributed by atoms with van der Waals surface area (Å²) in [6, 6.07) is 0.357. The van der Waals surface area contributed by atoms with E-state index in [0.29, 0.717) is 12.1 Å². The molecule has 1 saturated heterocycles. The number of nitrogens with one attached hydrogen (secondary N) is 1. The topological polar surface area (TPSA) is 32.3 Å². The summed E-state index contributed by atoms with van der Waals surface area (Å²) in [5.41, 5.74) is -3.31. The van der Waals surface area contributed by atoms with Crippen LogP contribution in [0.4, 0.5) is 36.8 Å². The van der Waals surface area contributed by atoms with Crippen molar-refractivity contribution in [2.45, 2.75) is 12.4 Å². The van der Waals surface area contributed by atoms with Gasteiger partial charge < -0.3 is 5.32 Å². The van der Waals surface area contributed by atoms with Gasteiger partial charge in [-0.1, -0.05) is 0 Å². The highest BCUT2D eigenvalue weighted by atomic mass is 19.4. The second kappa shape index (κ2) is 4.57. The summed E-state index contributed by atoms with van der Waals surface area (Å²) in [6.07, 6.45) is -9.85. The number of anilines is 1. The Hall–Kier alpha value is -1.93. The maximum absolute atomic E-state index is 12.6. The Kier molecular flexibility index (Phi) is 3.31. The molecule has 0 spiro atoms. The number of hydrogen-bond acceptors (Lipinski definition) is 1. The zero-order valence-corrected chi connectivity index (χ0v) is 9.77. The monoisotopic (exact) mass is 298 g/mol. The van der Waals surface area contributed by atoms with Crippen LogP contribution in [0.25, 0.3) is 0 Å². The summed E-state index contributed by atoms with van der Waals surface area (Å²) in [6.45, 7) is 0.174. The van der Waals surface area contributed by atoms with Crippen LogP contribution >= 0.6 is 0 Å². The molecule has 1 fully saturated rings. The first-order valence-corrected chi connectivity index (χ1v) is 5.44. The number of halogens is 6. The Bertz CT molecular complexity index is 504. The van der Waals surface area contributed by atoms with Crippen molar-refractivity contribution in [3.63, 3.8) is 0 Å². The molecule has 1 aliphatic heterocycles. The minimum Gasteiger partial charge on any atom is -0.336 e. The second-order valence-electron chi connectivity index (χ2n) is 4.15. The number of carbonyl (C=O) groups is 1. The molecule has 1 aromatic rings. The largest absolute Gasteiger partial charge is 0.416 e. The second-order valence-corrected chi connectivity index (χ2v) is 4.15. The first kappa shape index (κ1) is 14.5. The van der Waals surface area contributed by atoms with Gasteiger partial charge in [0, 0.05) is 18.8 Å². The van der Waals surface area contributed by atoms with E-state index < -0.39 is 35.2 Å². The van der Waals surface area contributed by atoms with Crippen molar-refractivity contribution < 1.29 is 31.1 Å². The Morgan fingerprint density at radius 1 is 0.950 bits per heavy atom. The lowest BCUT2D eigenvalue weighted by molar-refractivity contribution is -0.143. The van der Waals surface area contributed by atoms with E-state index in [2.05, 4.69) is 5.32 Å². The van der Waals surface area contributed by atoms with Gasteiger partial charge in [-0.05, 0) is 18.2 Å². The molecular weight excluding hydrogens is 290 g/mol. The molecule has 1 aliphatic rings. The molecule has 1 heterocycles. The Balaban J connectivity index is 2.54. The molecule has 1 aromatic carbocycles. The van der Waals surface area contributed by atoms with Gasteiger partial charge in [0.15, 0.2) is 0 Å². The molecule has 0 aliphatic carbocycles. The molecule has 0 bridgehead atoms. The lowest BCUT2D eigenvalue weighted by atomic mass is 10.1. The fraction of sp³-hybridized carbons (Fsp3) is 0.364. The minimum atomic E-state index is -4.92. The third-order valence-corrected chi connectivity index (χ3v) is 2.74. The Morgan fingerprint density at radius 2 is 1.45 bits per heavy atom. The molecule has 20 heavy (non-hydrogen) atoms. The van der Waals surface area contributed by atoms with Crippen molar-refractivity contribution in [2.75, 3.05) is 18.0 Å². The highest BCUT2D eigenvalue weighted by Crippen LogP contribution is 2.38. The van der Waals surface area contributed by atoms with Gasteiger partial charge in [0.1, 0.15) is 0 Å². The van der Waals surface area contributed by atoms with E-state index in [0.717, 1.165) is 4.90 Å². The van der Waals surface area contributed by atoms with Crippen LogP contribution in [0.3, 0.4) is 0 Å². The number of nitrogens with zero attached hydrogens (tertiary/aromatic N) is 1. The quantitative estimate of drug-likeness (QED) is 0.793. The van der Waals surface area contributed by atoms with E-state index in [1.807, 2.05) is 0 Å². The molecule has 0 unspecified atom stereocenters. The highest BCUT2D eigenvalue weighted by molar-refractivity contribution is 5.94. The summed E-state index contributed by atoms with van der Waals surface area (Å²) in [4.78, 5) is 12.2. The fourth-order valence-corrected chi connectivity index (χ4v) is 1.81. The van der Waals surface area contributed by atoms with E-state index in [4.69, 9.17) is 0 Å². The van der Waals surface area contributed by atoms with Crippen LogP contribution in [0.5, 0.6) is 0 Å². The zero-order chi connectivity index (χ0) is 15.1. The number of rotatable bonds is 1. The number of urea groups is 1. The third kappa shape index (κ3) is 2.81. The molecule has 2 rings (SSSR count). The maximum atomic E-state index is 12.6. The number of hydrogen-bond donors (Lipinski definition) is 1. The summed E-state index contributed by atoms with van der Waals surface area (Å²) in [7, 11) is 0. The third-order valence-electron chi connectivity index (χ3n) is 2.74. The van der Waals surface area contributed by atoms with Gasteiger partial charge in [0.05, 0.1) is 11.1 Å². The predicted molar refractivity (Wildman–Crippen MR) is 57.2 cm³/mol. The Labute approximate surface area is 109 Å². The van der Waals surface area contributed by atoms with Crippen LogP contribution in [0.15, 0.2) is 18.2 Å². The van der Waals surface area contributed by atoms with Crippen molar-refractivity contribution in [2.24, 2.45) is 0 Å². The summed E-state index contributed by atoms with van der Waals surface area (Å²) < 4.78 is 75.8. The van der Waals surface area contributed by atoms with Gasteiger partial charge in [-0.25, -0.2) is 4.79 Å². The summed E-state index contributed by atoms with van der Waals surface area (Å²) in [5, 5.41) is 2.31. The van der Waals surface area contributed by atoms with Gasteiger partial charge in [-0.2, -0.15) is 26.3 Å². The van der Waals surface area contributed by atoms with E-state index >= 15 is 0 Å². The average molecular weight is 298 g/mol. The lowest BCUT2D eigenvalue weighted by Gasteiger charge is -2.19. The van der Waals surface area contributed by atoms with Gasteiger partial charge in [0.2, 0.25) is 0 Å². The predicted octanol–water partition coefficient (Wildman–Crippen LogP) is 3.25. The molecule has 0 aromatic heterocycles. The standard InChI is InChI=1S/C11H8F6N2O/c12-10(13,14)6-3-7(11(15,16)17)5-8(4-6)19-2-1-18-9(19)20/h3-5H,1-2H2,(H,18,20). The van der Waals surface area contributed by atoms with E-state index in [-0.39, 0.29) is 19.2 Å². The van der Waals surface area contributed by atoms with Gasteiger partial charge in [-0.3, -0.25) is 4.90 Å². The zero-order valence-electron chi connectivity index (χ0n) is 9.77. The average Bonchev–Trinajstić information content (AvgIpc) is 2.72. The van der Waals surface area contributed by atoms with E-state index in [1.54, 1.807) is 0 Å². The molecular formula is C11H8F6N2O. The molecule has 110 valence electrons. The van der Waals surface area contributed by atoms with Crippen LogP contribution in [0, 0.1) is 0 Å². The summed E-state index contributed by atoms with van der Waals surface area (Å²) >= 11 is 0. The minimum absolute atomic E-state index is 0.0114. The molecule has 9 heteroatoms. The molecule has 0 radical (unpaired) electrons. The Morgan fingerprint density at radius 3 is 1.80 bits per heavy atom. The number of amides is 2. The number of alkyl halides is 6. The normalized spacial score (nSPS) is 16.5.